The van der Waals surface area contributed by atoms with E-state index >= 15 is 4.39 Å². The van der Waals surface area contributed by atoms with Gasteiger partial charge in [-0.05, 0) is 71.4 Å². The van der Waals surface area contributed by atoms with Crippen LogP contribution in [-0.2, 0) is 0 Å². The second-order valence-electron chi connectivity index (χ2n) is 15.4. The lowest BCUT2D eigenvalue weighted by molar-refractivity contribution is 0.629. The van der Waals surface area contributed by atoms with Crippen LogP contribution in [0.5, 0.6) is 0 Å². The van der Waals surface area contributed by atoms with Crippen molar-refractivity contribution in [2.45, 2.75) is 0 Å². The minimum atomic E-state index is -0.303. The van der Waals surface area contributed by atoms with Crippen molar-refractivity contribution >= 4 is 76.5 Å². The maximum atomic E-state index is 15.2. The summed E-state index contributed by atoms with van der Waals surface area (Å²) in [6.07, 6.45) is 0. The molecule has 0 saturated carbocycles. The number of aromatic nitrogens is 7. The van der Waals surface area contributed by atoms with Crippen LogP contribution in [0, 0.1) is 5.82 Å². The van der Waals surface area contributed by atoms with E-state index in [-0.39, 0.29) is 5.82 Å². The molecule has 61 heavy (non-hydrogen) atoms. The number of fused-ring (bicyclic) bond motifs is 12. The van der Waals surface area contributed by atoms with Crippen LogP contribution in [0.15, 0.2) is 194 Å². The van der Waals surface area contributed by atoms with E-state index in [9.17, 15) is 0 Å². The molecule has 0 aliphatic carbocycles. The molecule has 5 aromatic heterocycles. The summed E-state index contributed by atoms with van der Waals surface area (Å²) in [5.74, 6) is 1.11. The molecule has 0 spiro atoms. The largest absolute Gasteiger partial charge is 0.306 e. The fourth-order valence-corrected chi connectivity index (χ4v) is 9.58. The van der Waals surface area contributed by atoms with Crippen molar-refractivity contribution in [2.75, 3.05) is 0 Å². The Morgan fingerprint density at radius 2 is 0.852 bits per heavy atom. The molecule has 0 N–H and O–H groups in total. The van der Waals surface area contributed by atoms with E-state index in [1.807, 2.05) is 48.5 Å². The summed E-state index contributed by atoms with van der Waals surface area (Å²) in [6, 6.07) is 65.7. The minimum absolute atomic E-state index is 0.303. The van der Waals surface area contributed by atoms with E-state index in [1.54, 1.807) is 6.07 Å². The molecule has 8 aromatic carbocycles. The van der Waals surface area contributed by atoms with Crippen molar-refractivity contribution in [3.8, 4) is 34.7 Å². The van der Waals surface area contributed by atoms with Gasteiger partial charge in [0.1, 0.15) is 11.3 Å². The van der Waals surface area contributed by atoms with E-state index < -0.39 is 0 Å². The maximum absolute atomic E-state index is 15.2. The first kappa shape index (κ1) is 33.6. The zero-order valence-corrected chi connectivity index (χ0v) is 32.5. The second kappa shape index (κ2) is 12.8. The molecule has 7 nitrogen and oxygen atoms in total. The smallest absolute Gasteiger partial charge is 0.240 e. The summed E-state index contributed by atoms with van der Waals surface area (Å²) < 4.78 is 24.3. The lowest BCUT2D eigenvalue weighted by Crippen LogP contribution is -2.10. The Hall–Kier alpha value is -8.36. The summed E-state index contributed by atoms with van der Waals surface area (Å²) in [5.41, 5.74) is 10.8. The van der Waals surface area contributed by atoms with Crippen LogP contribution in [0.1, 0.15) is 0 Å². The fraction of sp³-hybridized carbons (Fsp3) is 0. The monoisotopic (exact) mass is 785 g/mol. The summed E-state index contributed by atoms with van der Waals surface area (Å²) in [5, 5.41) is 6.02. The van der Waals surface area contributed by atoms with Gasteiger partial charge in [0.05, 0.1) is 38.6 Å². The van der Waals surface area contributed by atoms with Crippen molar-refractivity contribution in [1.82, 2.24) is 33.2 Å². The Morgan fingerprint density at radius 1 is 0.344 bits per heavy atom. The average molecular weight is 786 g/mol. The molecule has 286 valence electrons. The zero-order chi connectivity index (χ0) is 40.2. The lowest BCUT2D eigenvalue weighted by atomic mass is 10.0. The van der Waals surface area contributed by atoms with Crippen LogP contribution in [-0.4, -0.2) is 33.2 Å². The first-order valence-corrected chi connectivity index (χ1v) is 20.3. The molecule has 0 aliphatic rings. The maximum Gasteiger partial charge on any atom is 0.240 e. The average Bonchev–Trinajstić information content (AvgIpc) is 4.04. The number of rotatable bonds is 5. The summed E-state index contributed by atoms with van der Waals surface area (Å²) in [4.78, 5) is 16.1. The van der Waals surface area contributed by atoms with Gasteiger partial charge in [0.2, 0.25) is 11.9 Å². The normalized spacial score (nSPS) is 12.0. The van der Waals surface area contributed by atoms with Crippen LogP contribution in [0.3, 0.4) is 0 Å². The first-order chi connectivity index (χ1) is 30.2. The molecular formula is C53H32FN7. The Kier molecular flexibility index (Phi) is 7.06. The highest BCUT2D eigenvalue weighted by atomic mass is 19.1. The quantitative estimate of drug-likeness (QED) is 0.175. The van der Waals surface area contributed by atoms with Gasteiger partial charge < -0.3 is 9.13 Å². The van der Waals surface area contributed by atoms with Gasteiger partial charge in [-0.25, -0.2) is 4.39 Å². The van der Waals surface area contributed by atoms with Crippen molar-refractivity contribution in [3.05, 3.63) is 200 Å². The van der Waals surface area contributed by atoms with E-state index in [2.05, 4.69) is 152 Å². The second-order valence-corrected chi connectivity index (χ2v) is 15.4. The number of halogens is 1. The van der Waals surface area contributed by atoms with E-state index in [0.29, 0.717) is 17.7 Å². The van der Waals surface area contributed by atoms with Crippen LogP contribution >= 0.6 is 0 Å². The van der Waals surface area contributed by atoms with Crippen LogP contribution in [0.4, 0.5) is 4.39 Å². The Morgan fingerprint density at radius 3 is 1.54 bits per heavy atom. The molecule has 13 aromatic rings. The molecule has 0 saturated heterocycles. The fourth-order valence-electron chi connectivity index (χ4n) is 9.58. The van der Waals surface area contributed by atoms with E-state index in [1.165, 1.54) is 6.07 Å². The number of hydrogen-bond donors (Lipinski definition) is 0. The van der Waals surface area contributed by atoms with Crippen molar-refractivity contribution in [3.63, 3.8) is 0 Å². The van der Waals surface area contributed by atoms with Gasteiger partial charge in [-0.2, -0.15) is 15.0 Å². The predicted molar refractivity (Wildman–Crippen MR) is 245 cm³/mol. The van der Waals surface area contributed by atoms with Crippen molar-refractivity contribution in [2.24, 2.45) is 0 Å². The van der Waals surface area contributed by atoms with Gasteiger partial charge >= 0.3 is 0 Å². The van der Waals surface area contributed by atoms with Gasteiger partial charge in [0.25, 0.3) is 0 Å². The Labute approximate surface area is 347 Å². The van der Waals surface area contributed by atoms with Gasteiger partial charge in [-0.1, -0.05) is 133 Å². The summed E-state index contributed by atoms with van der Waals surface area (Å²) in [7, 11) is 0. The minimum Gasteiger partial charge on any atom is -0.306 e. The van der Waals surface area contributed by atoms with Gasteiger partial charge in [-0.15, -0.1) is 0 Å². The molecule has 13 rings (SSSR count). The van der Waals surface area contributed by atoms with Crippen LogP contribution < -0.4 is 0 Å². The summed E-state index contributed by atoms with van der Waals surface area (Å²) in [6.45, 7) is 0. The molecule has 8 heteroatoms. The summed E-state index contributed by atoms with van der Waals surface area (Å²) >= 11 is 0. The number of hydrogen-bond acceptors (Lipinski definition) is 3. The SMILES string of the molecule is Fc1ccc2c(c1)c1c3ccccc3ccc1n2-c1nc(-c2ccccc2)nc(-n2c3ccccc3c3c2c2c(c4ccccc4n2-c2ccccc2)n3-c2ccccc2)n1. The van der Waals surface area contributed by atoms with Crippen LogP contribution in [0.25, 0.3) is 111 Å². The van der Waals surface area contributed by atoms with Gasteiger partial charge in [-0.3, -0.25) is 9.13 Å². The van der Waals surface area contributed by atoms with Crippen molar-refractivity contribution < 1.29 is 4.39 Å². The lowest BCUT2D eigenvalue weighted by Gasteiger charge is -2.13. The van der Waals surface area contributed by atoms with E-state index in [0.717, 1.165) is 93.4 Å². The highest BCUT2D eigenvalue weighted by molar-refractivity contribution is 6.25. The third-order valence-electron chi connectivity index (χ3n) is 12.1. The topological polar surface area (TPSA) is 58.4 Å². The van der Waals surface area contributed by atoms with Crippen LogP contribution in [0.2, 0.25) is 0 Å². The molecule has 5 heterocycles. The Bertz CT molecular complexity index is 3880. The molecule has 0 unspecified atom stereocenters. The number of nitrogens with zero attached hydrogens (tertiary/aromatic N) is 7. The number of benzene rings is 8. The highest BCUT2D eigenvalue weighted by Crippen LogP contribution is 2.45. The molecule has 0 radical (unpaired) electrons. The standard InChI is InChI=1S/C53H32FN7/c54-35-29-31-44-41(32-35)46-38-23-11-10-16-33(38)28-30-45(46)60(44)52-55-51(34-17-4-1-5-18-34)56-53(57-52)61-43-27-15-13-25-40(43)48-50(61)49-47(59(48)37-21-8-3-9-22-37)39-24-12-14-26-42(39)58(49)36-19-6-2-7-20-36/h1-32H. The van der Waals surface area contributed by atoms with Crippen molar-refractivity contribution in [1.29, 1.82) is 0 Å². The molecule has 0 fully saturated rings. The van der Waals surface area contributed by atoms with Gasteiger partial charge in [0.15, 0.2) is 5.82 Å². The van der Waals surface area contributed by atoms with E-state index in [4.69, 9.17) is 15.0 Å². The zero-order valence-electron chi connectivity index (χ0n) is 32.5. The first-order valence-electron chi connectivity index (χ1n) is 20.3. The Balaban J connectivity index is 1.23. The molecule has 0 bridgehead atoms. The number of para-hydroxylation sites is 4. The molecular weight excluding hydrogens is 754 g/mol. The molecule has 0 aliphatic heterocycles. The molecule has 0 amide bonds. The third-order valence-corrected chi connectivity index (χ3v) is 12.1. The molecule has 0 atom stereocenters. The third kappa shape index (κ3) is 4.81. The van der Waals surface area contributed by atoms with Gasteiger partial charge in [0, 0.05) is 38.5 Å². The highest BCUT2D eigenvalue weighted by Gasteiger charge is 2.29. The predicted octanol–water partition coefficient (Wildman–Crippen LogP) is 12.9.